The molecule has 0 N–H and O–H groups in total. The predicted molar refractivity (Wildman–Crippen MR) is 107 cm³/mol. The molecule has 0 aromatic heterocycles. The molecule has 146 valence electrons. The largest absolute Gasteiger partial charge is 0.493 e. The first kappa shape index (κ1) is 17.5. The third-order valence-corrected chi connectivity index (χ3v) is 6.92. The van der Waals surface area contributed by atoms with Crippen LogP contribution < -0.4 is 9.47 Å². The van der Waals surface area contributed by atoms with Crippen molar-refractivity contribution in [2.75, 3.05) is 66.1 Å². The molecule has 5 aliphatic heterocycles. The average molecular weight is 370 g/mol. The molecule has 5 heteroatoms. The zero-order valence-electron chi connectivity index (χ0n) is 16.4. The van der Waals surface area contributed by atoms with Crippen LogP contribution in [-0.4, -0.2) is 86.8 Å². The molecule has 0 amide bonds. The Labute approximate surface area is 162 Å². The molecule has 1 atom stereocenters. The predicted octanol–water partition coefficient (Wildman–Crippen LogP) is 2.18. The highest BCUT2D eigenvalue weighted by molar-refractivity contribution is 5.66. The Bertz CT molecular complexity index is 704. The molecular weight excluding hydrogens is 338 g/mol. The lowest BCUT2D eigenvalue weighted by Gasteiger charge is -2.51. The summed E-state index contributed by atoms with van der Waals surface area (Å²) in [5.74, 6) is 2.66. The van der Waals surface area contributed by atoms with Gasteiger partial charge in [0, 0.05) is 50.9 Å². The summed E-state index contributed by atoms with van der Waals surface area (Å²) in [5.41, 5.74) is 2.51. The minimum absolute atomic E-state index is 0.674. The van der Waals surface area contributed by atoms with Gasteiger partial charge in [0.05, 0.1) is 7.11 Å². The molecule has 27 heavy (non-hydrogen) atoms. The second-order valence-corrected chi connectivity index (χ2v) is 8.49. The highest BCUT2D eigenvalue weighted by Gasteiger charge is 2.38. The molecule has 5 aliphatic rings. The Kier molecular flexibility index (Phi) is 4.84. The van der Waals surface area contributed by atoms with E-state index in [0.717, 1.165) is 35.6 Å². The Morgan fingerprint density at radius 3 is 2.59 bits per heavy atom. The Morgan fingerprint density at radius 1 is 1.07 bits per heavy atom. The quantitative estimate of drug-likeness (QED) is 0.811. The van der Waals surface area contributed by atoms with Gasteiger partial charge in [-0.05, 0) is 49.6 Å². The molecular formula is C22H31N3O2. The summed E-state index contributed by atoms with van der Waals surface area (Å²) in [4.78, 5) is 8.05. The van der Waals surface area contributed by atoms with E-state index in [1.54, 1.807) is 7.11 Å². The SMILES string of the molecule is COc1cccc2c1OCC(CN1CCN([C@H]3CN4CCC3CC4)CC1)=C2. The van der Waals surface area contributed by atoms with Gasteiger partial charge in [-0.25, -0.2) is 0 Å². The van der Waals surface area contributed by atoms with Gasteiger partial charge in [0.2, 0.25) is 0 Å². The van der Waals surface area contributed by atoms with Crippen LogP contribution in [0.4, 0.5) is 0 Å². The van der Waals surface area contributed by atoms with E-state index < -0.39 is 0 Å². The van der Waals surface area contributed by atoms with Crippen molar-refractivity contribution >= 4 is 6.08 Å². The standard InChI is InChI=1S/C22H31N3O2/c1-26-21-4-2-3-19-13-17(16-27-22(19)21)14-24-9-11-25(12-10-24)20-15-23-7-5-18(20)6-8-23/h2-4,13,18,20H,5-12,14-16H2,1H3/t20-/m0/s1. The molecule has 6 rings (SSSR count). The second kappa shape index (κ2) is 7.46. The van der Waals surface area contributed by atoms with E-state index >= 15 is 0 Å². The molecule has 0 aliphatic carbocycles. The van der Waals surface area contributed by atoms with Crippen LogP contribution in [0.1, 0.15) is 18.4 Å². The zero-order chi connectivity index (χ0) is 18.2. The number of rotatable bonds is 4. The summed E-state index contributed by atoms with van der Waals surface area (Å²) >= 11 is 0. The van der Waals surface area contributed by atoms with Gasteiger partial charge in [-0.2, -0.15) is 0 Å². The summed E-state index contributed by atoms with van der Waals surface area (Å²) in [6.45, 7) is 10.4. The van der Waals surface area contributed by atoms with E-state index in [9.17, 15) is 0 Å². The number of benzene rings is 1. The van der Waals surface area contributed by atoms with Crippen molar-refractivity contribution in [3.8, 4) is 11.5 Å². The lowest BCUT2D eigenvalue weighted by atomic mass is 9.83. The van der Waals surface area contributed by atoms with Crippen LogP contribution in [0.25, 0.3) is 6.08 Å². The summed E-state index contributed by atoms with van der Waals surface area (Å²) in [7, 11) is 1.70. The third-order valence-electron chi connectivity index (χ3n) is 6.92. The number of piperazine rings is 1. The summed E-state index contributed by atoms with van der Waals surface area (Å²) in [6, 6.07) is 6.92. The Morgan fingerprint density at radius 2 is 1.89 bits per heavy atom. The fourth-order valence-electron chi connectivity index (χ4n) is 5.37. The van der Waals surface area contributed by atoms with Crippen LogP contribution in [0.5, 0.6) is 11.5 Å². The topological polar surface area (TPSA) is 28.2 Å². The molecule has 0 radical (unpaired) electrons. The smallest absolute Gasteiger partial charge is 0.168 e. The number of para-hydroxylation sites is 1. The van der Waals surface area contributed by atoms with Gasteiger partial charge in [0.15, 0.2) is 11.5 Å². The van der Waals surface area contributed by atoms with Gasteiger partial charge < -0.3 is 14.4 Å². The molecule has 2 bridgehead atoms. The monoisotopic (exact) mass is 369 g/mol. The van der Waals surface area contributed by atoms with Gasteiger partial charge >= 0.3 is 0 Å². The van der Waals surface area contributed by atoms with Gasteiger partial charge in [0.1, 0.15) is 6.61 Å². The van der Waals surface area contributed by atoms with Crippen LogP contribution in [-0.2, 0) is 0 Å². The van der Waals surface area contributed by atoms with Gasteiger partial charge in [-0.3, -0.25) is 9.80 Å². The number of hydrogen-bond acceptors (Lipinski definition) is 5. The number of ether oxygens (including phenoxy) is 2. The van der Waals surface area contributed by atoms with Crippen LogP contribution in [0, 0.1) is 5.92 Å². The third kappa shape index (κ3) is 3.48. The lowest BCUT2D eigenvalue weighted by Crippen LogP contribution is -2.61. The molecule has 5 nitrogen and oxygen atoms in total. The normalized spacial score (nSPS) is 31.1. The maximum absolute atomic E-state index is 6.01. The van der Waals surface area contributed by atoms with E-state index in [-0.39, 0.29) is 0 Å². The van der Waals surface area contributed by atoms with Crippen molar-refractivity contribution in [3.05, 3.63) is 29.3 Å². The lowest BCUT2D eigenvalue weighted by molar-refractivity contribution is -0.0142. The highest BCUT2D eigenvalue weighted by Crippen LogP contribution is 2.36. The molecule has 1 aromatic carbocycles. The number of methoxy groups -OCH3 is 1. The van der Waals surface area contributed by atoms with Crippen molar-refractivity contribution in [1.82, 2.24) is 14.7 Å². The van der Waals surface area contributed by atoms with E-state index in [2.05, 4.69) is 26.8 Å². The fourth-order valence-corrected chi connectivity index (χ4v) is 5.37. The average Bonchev–Trinajstić information content (AvgIpc) is 2.74. The first-order valence-corrected chi connectivity index (χ1v) is 10.5. The minimum Gasteiger partial charge on any atom is -0.493 e. The molecule has 0 spiro atoms. The number of fused-ring (bicyclic) bond motifs is 4. The van der Waals surface area contributed by atoms with Crippen molar-refractivity contribution < 1.29 is 9.47 Å². The summed E-state index contributed by atoms with van der Waals surface area (Å²) < 4.78 is 11.4. The fraction of sp³-hybridized carbons (Fsp3) is 0.636. The van der Waals surface area contributed by atoms with Crippen LogP contribution in [0.2, 0.25) is 0 Å². The van der Waals surface area contributed by atoms with Gasteiger partial charge in [-0.1, -0.05) is 12.1 Å². The number of nitrogens with zero attached hydrogens (tertiary/aromatic N) is 3. The van der Waals surface area contributed by atoms with E-state index in [1.165, 1.54) is 64.2 Å². The van der Waals surface area contributed by atoms with Crippen molar-refractivity contribution in [3.63, 3.8) is 0 Å². The zero-order valence-corrected chi connectivity index (χ0v) is 16.4. The molecule has 0 unspecified atom stereocenters. The minimum atomic E-state index is 0.674. The van der Waals surface area contributed by atoms with Crippen LogP contribution in [0.3, 0.4) is 0 Å². The van der Waals surface area contributed by atoms with Crippen LogP contribution in [0.15, 0.2) is 23.8 Å². The molecule has 4 fully saturated rings. The van der Waals surface area contributed by atoms with E-state index in [4.69, 9.17) is 9.47 Å². The maximum atomic E-state index is 6.01. The second-order valence-electron chi connectivity index (χ2n) is 8.49. The first-order chi connectivity index (χ1) is 13.3. The summed E-state index contributed by atoms with van der Waals surface area (Å²) in [5, 5.41) is 0. The van der Waals surface area contributed by atoms with Gasteiger partial charge in [0.25, 0.3) is 0 Å². The van der Waals surface area contributed by atoms with Crippen LogP contribution >= 0.6 is 0 Å². The van der Waals surface area contributed by atoms with Gasteiger partial charge in [-0.15, -0.1) is 0 Å². The highest BCUT2D eigenvalue weighted by atomic mass is 16.5. The Balaban J connectivity index is 1.18. The Hall–Kier alpha value is -1.56. The van der Waals surface area contributed by atoms with Crippen molar-refractivity contribution in [2.24, 2.45) is 5.92 Å². The van der Waals surface area contributed by atoms with Crippen molar-refractivity contribution in [1.29, 1.82) is 0 Å². The molecule has 1 aromatic rings. The molecule has 4 saturated heterocycles. The van der Waals surface area contributed by atoms with Crippen molar-refractivity contribution in [2.45, 2.75) is 18.9 Å². The van der Waals surface area contributed by atoms with E-state index in [0.29, 0.717) is 6.61 Å². The first-order valence-electron chi connectivity index (χ1n) is 10.5. The number of hydrogen-bond donors (Lipinski definition) is 0. The summed E-state index contributed by atoms with van der Waals surface area (Å²) in [6.07, 6.45) is 5.12. The molecule has 5 heterocycles. The van der Waals surface area contributed by atoms with E-state index in [1.807, 2.05) is 12.1 Å². The maximum Gasteiger partial charge on any atom is 0.168 e. The molecule has 0 saturated carbocycles. The number of piperidine rings is 3.